The summed E-state index contributed by atoms with van der Waals surface area (Å²) < 4.78 is 5.73. The van der Waals surface area contributed by atoms with Crippen LogP contribution in [0.4, 0.5) is 11.5 Å². The van der Waals surface area contributed by atoms with E-state index in [0.29, 0.717) is 28.6 Å². The van der Waals surface area contributed by atoms with Crippen LogP contribution in [-0.4, -0.2) is 17.1 Å². The molecule has 4 aromatic rings. The van der Waals surface area contributed by atoms with Crippen LogP contribution in [0.1, 0.15) is 11.1 Å². The molecule has 5 nitrogen and oxygen atoms in total. The number of nitrogens with zero attached hydrogens (tertiary/aromatic N) is 3. The molecule has 0 aliphatic heterocycles. The second kappa shape index (κ2) is 8.46. The van der Waals surface area contributed by atoms with Gasteiger partial charge in [-0.3, -0.25) is 0 Å². The molecule has 4 rings (SSSR count). The Morgan fingerprint density at radius 2 is 1.53 bits per heavy atom. The zero-order valence-corrected chi connectivity index (χ0v) is 16.8. The van der Waals surface area contributed by atoms with Crippen molar-refractivity contribution >= 4 is 11.5 Å². The van der Waals surface area contributed by atoms with Gasteiger partial charge in [0.2, 0.25) is 0 Å². The summed E-state index contributed by atoms with van der Waals surface area (Å²) >= 11 is 0. The molecule has 0 amide bonds. The van der Waals surface area contributed by atoms with Crippen LogP contribution in [0.5, 0.6) is 5.75 Å². The molecule has 3 aromatic carbocycles. The number of benzene rings is 3. The molecule has 0 radical (unpaired) electrons. The summed E-state index contributed by atoms with van der Waals surface area (Å²) in [6, 6.07) is 27.3. The lowest BCUT2D eigenvalue weighted by Gasteiger charge is -2.16. The Kier molecular flexibility index (Phi) is 5.40. The van der Waals surface area contributed by atoms with E-state index >= 15 is 0 Å². The Balaban J connectivity index is 1.87. The number of nitriles is 1. The lowest BCUT2D eigenvalue weighted by atomic mass is 10.1. The van der Waals surface area contributed by atoms with Crippen molar-refractivity contribution in [2.45, 2.75) is 6.92 Å². The van der Waals surface area contributed by atoms with Gasteiger partial charge in [0.05, 0.1) is 18.7 Å². The quantitative estimate of drug-likeness (QED) is 0.469. The molecular weight excluding hydrogens is 372 g/mol. The summed E-state index contributed by atoms with van der Waals surface area (Å²) in [6.45, 7) is 2.05. The van der Waals surface area contributed by atoms with Crippen molar-refractivity contribution in [2.75, 3.05) is 12.4 Å². The topological polar surface area (TPSA) is 70.8 Å². The molecule has 0 unspecified atom stereocenters. The summed E-state index contributed by atoms with van der Waals surface area (Å²) in [7, 11) is 1.61. The van der Waals surface area contributed by atoms with Crippen LogP contribution in [0.2, 0.25) is 0 Å². The first-order valence-electron chi connectivity index (χ1n) is 9.53. The van der Waals surface area contributed by atoms with Gasteiger partial charge in [0.1, 0.15) is 5.69 Å². The number of anilines is 2. The molecular formula is C25H20N4O. The largest absolute Gasteiger partial charge is 0.491 e. The number of aromatic nitrogens is 2. The van der Waals surface area contributed by atoms with Crippen molar-refractivity contribution < 1.29 is 4.74 Å². The van der Waals surface area contributed by atoms with Gasteiger partial charge < -0.3 is 10.1 Å². The van der Waals surface area contributed by atoms with Crippen LogP contribution in [0.15, 0.2) is 78.9 Å². The monoisotopic (exact) mass is 392 g/mol. The fourth-order valence-corrected chi connectivity index (χ4v) is 3.12. The van der Waals surface area contributed by atoms with Crippen LogP contribution in [0.3, 0.4) is 0 Å². The Bertz CT molecular complexity index is 1200. The predicted octanol–water partition coefficient (Wildman–Crippen LogP) is 5.74. The Morgan fingerprint density at radius 1 is 0.833 bits per heavy atom. The summed E-state index contributed by atoms with van der Waals surface area (Å²) in [5.74, 6) is 1.72. The number of rotatable bonds is 5. The van der Waals surface area contributed by atoms with E-state index in [0.717, 1.165) is 16.8 Å². The molecule has 1 N–H and O–H groups in total. The highest BCUT2D eigenvalue weighted by atomic mass is 16.5. The Labute approximate surface area is 175 Å². The number of aryl methyl sites for hydroxylation is 1. The molecule has 0 saturated carbocycles. The van der Waals surface area contributed by atoms with Crippen molar-refractivity contribution in [3.05, 3.63) is 90.0 Å². The average Bonchev–Trinajstić information content (AvgIpc) is 2.80. The molecule has 1 heterocycles. The minimum absolute atomic E-state index is 0.558. The van der Waals surface area contributed by atoms with Gasteiger partial charge in [-0.2, -0.15) is 5.26 Å². The van der Waals surface area contributed by atoms with E-state index in [2.05, 4.69) is 11.4 Å². The molecule has 146 valence electrons. The Hall–Kier alpha value is -4.17. The molecule has 1 aromatic heterocycles. The second-order valence-corrected chi connectivity index (χ2v) is 6.82. The number of nitrogens with one attached hydrogen (secondary N) is 1. The Morgan fingerprint density at radius 3 is 2.17 bits per heavy atom. The van der Waals surface area contributed by atoms with Crippen molar-refractivity contribution in [1.82, 2.24) is 9.97 Å². The summed E-state index contributed by atoms with van der Waals surface area (Å²) in [4.78, 5) is 9.57. The van der Waals surface area contributed by atoms with Crippen LogP contribution < -0.4 is 10.1 Å². The van der Waals surface area contributed by atoms with E-state index in [1.54, 1.807) is 19.2 Å². The van der Waals surface area contributed by atoms with Crippen molar-refractivity contribution in [3.63, 3.8) is 0 Å². The highest BCUT2D eigenvalue weighted by molar-refractivity contribution is 5.78. The lowest BCUT2D eigenvalue weighted by molar-refractivity contribution is 0.415. The molecule has 0 aliphatic carbocycles. The lowest BCUT2D eigenvalue weighted by Crippen LogP contribution is -2.04. The summed E-state index contributed by atoms with van der Waals surface area (Å²) in [5.41, 5.74) is 5.14. The maximum absolute atomic E-state index is 9.03. The minimum Gasteiger partial charge on any atom is -0.491 e. The first-order valence-corrected chi connectivity index (χ1v) is 9.53. The van der Waals surface area contributed by atoms with E-state index in [9.17, 15) is 0 Å². The van der Waals surface area contributed by atoms with Gasteiger partial charge in [0.15, 0.2) is 17.4 Å². The maximum Gasteiger partial charge on any atom is 0.188 e. The van der Waals surface area contributed by atoms with Crippen LogP contribution in [-0.2, 0) is 0 Å². The summed E-state index contributed by atoms with van der Waals surface area (Å²) in [5, 5.41) is 12.4. The first-order chi connectivity index (χ1) is 14.7. The molecule has 5 heteroatoms. The van der Waals surface area contributed by atoms with E-state index < -0.39 is 0 Å². The fraction of sp³-hybridized carbons (Fsp3) is 0.0800. The van der Waals surface area contributed by atoms with E-state index in [1.807, 2.05) is 73.7 Å². The number of methoxy groups -OCH3 is 1. The first kappa shape index (κ1) is 19.2. The number of hydrogen-bond donors (Lipinski definition) is 1. The van der Waals surface area contributed by atoms with Gasteiger partial charge in [-0.05, 0) is 31.2 Å². The fourth-order valence-electron chi connectivity index (χ4n) is 3.12. The number of hydrogen-bond acceptors (Lipinski definition) is 5. The van der Waals surface area contributed by atoms with Crippen molar-refractivity contribution in [3.8, 4) is 34.5 Å². The second-order valence-electron chi connectivity index (χ2n) is 6.82. The molecule has 0 fully saturated rings. The third-order valence-corrected chi connectivity index (χ3v) is 4.70. The molecule has 0 saturated heterocycles. The maximum atomic E-state index is 9.03. The highest BCUT2D eigenvalue weighted by Gasteiger charge is 2.18. The van der Waals surface area contributed by atoms with Gasteiger partial charge in [-0.1, -0.05) is 60.2 Å². The van der Waals surface area contributed by atoms with Crippen LogP contribution in [0, 0.1) is 18.3 Å². The molecule has 0 spiro atoms. The van der Waals surface area contributed by atoms with Crippen molar-refractivity contribution in [2.24, 2.45) is 0 Å². The van der Waals surface area contributed by atoms with E-state index in [4.69, 9.17) is 20.0 Å². The van der Waals surface area contributed by atoms with Gasteiger partial charge in [0, 0.05) is 16.8 Å². The van der Waals surface area contributed by atoms with Gasteiger partial charge in [-0.15, -0.1) is 0 Å². The average molecular weight is 392 g/mol. The molecule has 0 bridgehead atoms. The van der Waals surface area contributed by atoms with Crippen molar-refractivity contribution in [1.29, 1.82) is 5.26 Å². The zero-order chi connectivity index (χ0) is 20.9. The van der Waals surface area contributed by atoms with Gasteiger partial charge >= 0.3 is 0 Å². The smallest absolute Gasteiger partial charge is 0.188 e. The van der Waals surface area contributed by atoms with Gasteiger partial charge in [0.25, 0.3) is 0 Å². The molecule has 0 atom stereocenters. The van der Waals surface area contributed by atoms with E-state index in [-0.39, 0.29) is 0 Å². The van der Waals surface area contributed by atoms with E-state index in [1.165, 1.54) is 5.56 Å². The SMILES string of the molecule is COc1c(Nc2ccc(C#N)cc2)nc(-c2ccccc2)nc1-c1ccc(C)cc1. The normalized spacial score (nSPS) is 10.3. The third kappa shape index (κ3) is 3.98. The third-order valence-electron chi connectivity index (χ3n) is 4.70. The molecule has 30 heavy (non-hydrogen) atoms. The van der Waals surface area contributed by atoms with Gasteiger partial charge in [-0.25, -0.2) is 9.97 Å². The minimum atomic E-state index is 0.558. The summed E-state index contributed by atoms with van der Waals surface area (Å²) in [6.07, 6.45) is 0. The highest BCUT2D eigenvalue weighted by Crippen LogP contribution is 2.37. The zero-order valence-electron chi connectivity index (χ0n) is 16.8. The predicted molar refractivity (Wildman–Crippen MR) is 119 cm³/mol. The number of ether oxygens (including phenoxy) is 1. The van der Waals surface area contributed by atoms with Crippen LogP contribution >= 0.6 is 0 Å². The van der Waals surface area contributed by atoms with Crippen LogP contribution in [0.25, 0.3) is 22.6 Å². The standard InChI is InChI=1S/C25H20N4O/c1-17-8-12-19(13-9-17)22-23(30-2)25(27-21-14-10-18(16-26)11-15-21)29-24(28-22)20-6-4-3-5-7-20/h3-15H,1-2H3,(H,27,28,29). The molecule has 0 aliphatic rings.